The number of nitro benzene ring substituents is 2. The third kappa shape index (κ3) is 7.40. The van der Waals surface area contributed by atoms with Crippen molar-refractivity contribution in [1.82, 2.24) is 4.90 Å². The van der Waals surface area contributed by atoms with Crippen LogP contribution in [0, 0.1) is 26.1 Å². The van der Waals surface area contributed by atoms with Gasteiger partial charge in [-0.3, -0.25) is 25.0 Å². The standard InChI is InChI=1S/C27H29N3O10/c1-17(2)25(31)39-18(3)16-38-26(32)19-12-14-28(15-13-19)27(33)40-24(20-8-4-6-10-22(20)29(34)35)21-9-5-7-11-23(21)30(36)37/h4-11,18-19,24H,1,12-16H2,2-3H3. The summed E-state index contributed by atoms with van der Waals surface area (Å²) in [4.78, 5) is 60.7. The summed E-state index contributed by atoms with van der Waals surface area (Å²) in [7, 11) is 0. The number of hydrogen-bond donors (Lipinski definition) is 0. The molecule has 1 fully saturated rings. The van der Waals surface area contributed by atoms with Crippen molar-refractivity contribution in [1.29, 1.82) is 0 Å². The molecular formula is C27H29N3O10. The summed E-state index contributed by atoms with van der Waals surface area (Å²) in [5, 5.41) is 23.4. The van der Waals surface area contributed by atoms with E-state index in [9.17, 15) is 34.6 Å². The lowest BCUT2D eigenvalue weighted by Crippen LogP contribution is -2.41. The molecule has 0 spiro atoms. The van der Waals surface area contributed by atoms with Crippen LogP contribution in [0.5, 0.6) is 0 Å². The van der Waals surface area contributed by atoms with Crippen LogP contribution in [-0.2, 0) is 23.8 Å². The highest BCUT2D eigenvalue weighted by Crippen LogP contribution is 2.37. The van der Waals surface area contributed by atoms with E-state index in [0.29, 0.717) is 0 Å². The quantitative estimate of drug-likeness (QED) is 0.134. The van der Waals surface area contributed by atoms with Gasteiger partial charge in [0.2, 0.25) is 0 Å². The number of hydrogen-bond acceptors (Lipinski definition) is 10. The van der Waals surface area contributed by atoms with Gasteiger partial charge in [0.25, 0.3) is 11.4 Å². The van der Waals surface area contributed by atoms with Crippen molar-refractivity contribution in [3.8, 4) is 0 Å². The summed E-state index contributed by atoms with van der Waals surface area (Å²) < 4.78 is 16.0. The Morgan fingerprint density at radius 2 is 1.45 bits per heavy atom. The maximum Gasteiger partial charge on any atom is 0.410 e. The van der Waals surface area contributed by atoms with Crippen LogP contribution >= 0.6 is 0 Å². The monoisotopic (exact) mass is 555 g/mol. The molecule has 1 aliphatic rings. The molecule has 1 atom stereocenters. The van der Waals surface area contributed by atoms with Gasteiger partial charge < -0.3 is 19.1 Å². The fraction of sp³-hybridized carbons (Fsp3) is 0.370. The van der Waals surface area contributed by atoms with Crippen LogP contribution in [0.1, 0.15) is 43.9 Å². The van der Waals surface area contributed by atoms with E-state index in [0.717, 1.165) is 0 Å². The molecular weight excluding hydrogens is 526 g/mol. The molecule has 0 radical (unpaired) electrons. The number of ether oxygens (including phenoxy) is 3. The van der Waals surface area contributed by atoms with Crippen LogP contribution in [0.3, 0.4) is 0 Å². The van der Waals surface area contributed by atoms with E-state index in [1.807, 2.05) is 0 Å². The lowest BCUT2D eigenvalue weighted by atomic mass is 9.97. The first-order valence-electron chi connectivity index (χ1n) is 12.4. The fourth-order valence-electron chi connectivity index (χ4n) is 4.15. The SMILES string of the molecule is C=C(C)C(=O)OC(C)COC(=O)C1CCN(C(=O)OC(c2ccccc2[N+](=O)[O-])c2ccccc2[N+](=O)[O-])CC1. The number of likely N-dealkylation sites (tertiary alicyclic amines) is 1. The molecule has 0 aliphatic carbocycles. The van der Waals surface area contributed by atoms with Crippen molar-refractivity contribution in [3.63, 3.8) is 0 Å². The zero-order valence-electron chi connectivity index (χ0n) is 22.0. The van der Waals surface area contributed by atoms with Crippen molar-refractivity contribution in [3.05, 3.63) is 92.0 Å². The lowest BCUT2D eigenvalue weighted by molar-refractivity contribution is -0.387. The Hall–Kier alpha value is -4.81. The Labute approximate surface area is 229 Å². The highest BCUT2D eigenvalue weighted by molar-refractivity contribution is 5.87. The van der Waals surface area contributed by atoms with E-state index in [4.69, 9.17) is 14.2 Å². The van der Waals surface area contributed by atoms with Gasteiger partial charge in [-0.25, -0.2) is 9.59 Å². The molecule has 212 valence electrons. The molecule has 1 unspecified atom stereocenters. The highest BCUT2D eigenvalue weighted by atomic mass is 16.6. The molecule has 1 heterocycles. The Morgan fingerprint density at radius 3 is 1.93 bits per heavy atom. The van der Waals surface area contributed by atoms with Crippen molar-refractivity contribution >= 4 is 29.4 Å². The predicted octanol–water partition coefficient (Wildman–Crippen LogP) is 4.49. The Morgan fingerprint density at radius 1 is 0.950 bits per heavy atom. The van der Waals surface area contributed by atoms with Crippen molar-refractivity contribution < 1.29 is 38.4 Å². The number of amides is 1. The predicted molar refractivity (Wildman–Crippen MR) is 140 cm³/mol. The van der Waals surface area contributed by atoms with Gasteiger partial charge in [0.15, 0.2) is 6.10 Å². The second-order valence-corrected chi connectivity index (χ2v) is 9.28. The van der Waals surface area contributed by atoms with Gasteiger partial charge in [0.1, 0.15) is 12.7 Å². The number of para-hydroxylation sites is 2. The molecule has 2 aromatic rings. The molecule has 3 rings (SSSR count). The highest BCUT2D eigenvalue weighted by Gasteiger charge is 2.35. The Balaban J connectivity index is 1.69. The molecule has 0 N–H and O–H groups in total. The van der Waals surface area contributed by atoms with Crippen LogP contribution in [0.25, 0.3) is 0 Å². The largest absolute Gasteiger partial charge is 0.462 e. The topological polar surface area (TPSA) is 168 Å². The Kier molecular flexibility index (Phi) is 9.90. The molecule has 2 aromatic carbocycles. The number of esters is 2. The number of carbonyl (C=O) groups excluding carboxylic acids is 3. The van der Waals surface area contributed by atoms with Crippen LogP contribution in [0.15, 0.2) is 60.7 Å². The first-order chi connectivity index (χ1) is 19.0. The number of piperidine rings is 1. The van der Waals surface area contributed by atoms with Gasteiger partial charge >= 0.3 is 18.0 Å². The second-order valence-electron chi connectivity index (χ2n) is 9.28. The van der Waals surface area contributed by atoms with Crippen LogP contribution < -0.4 is 0 Å². The van der Waals surface area contributed by atoms with Gasteiger partial charge in [-0.15, -0.1) is 0 Å². The van der Waals surface area contributed by atoms with Gasteiger partial charge in [0, 0.05) is 30.8 Å². The van der Waals surface area contributed by atoms with E-state index in [2.05, 4.69) is 6.58 Å². The number of carbonyl (C=O) groups is 3. The fourth-order valence-corrected chi connectivity index (χ4v) is 4.15. The molecule has 0 bridgehead atoms. The Bertz CT molecular complexity index is 1250. The second kappa shape index (κ2) is 13.3. The third-order valence-corrected chi connectivity index (χ3v) is 6.25. The first-order valence-corrected chi connectivity index (χ1v) is 12.4. The van der Waals surface area contributed by atoms with Crippen LogP contribution in [0.4, 0.5) is 16.2 Å². The van der Waals surface area contributed by atoms with Crippen LogP contribution in [0.2, 0.25) is 0 Å². The zero-order valence-corrected chi connectivity index (χ0v) is 22.0. The normalized spacial score (nSPS) is 14.2. The van der Waals surface area contributed by atoms with Gasteiger partial charge in [-0.2, -0.15) is 0 Å². The number of rotatable bonds is 10. The van der Waals surface area contributed by atoms with Crippen LogP contribution in [-0.4, -0.2) is 58.6 Å². The summed E-state index contributed by atoms with van der Waals surface area (Å²) in [6, 6.07) is 11.1. The van der Waals surface area contributed by atoms with Crippen molar-refractivity contribution in [2.75, 3.05) is 19.7 Å². The lowest BCUT2D eigenvalue weighted by Gasteiger charge is -2.31. The molecule has 1 aliphatic heterocycles. The summed E-state index contributed by atoms with van der Waals surface area (Å²) >= 11 is 0. The first kappa shape index (κ1) is 29.7. The molecule has 1 saturated heterocycles. The van der Waals surface area contributed by atoms with E-state index in [1.165, 1.54) is 60.4 Å². The number of nitrogens with zero attached hydrogens (tertiary/aromatic N) is 3. The zero-order chi connectivity index (χ0) is 29.4. The van der Waals surface area contributed by atoms with E-state index >= 15 is 0 Å². The molecule has 0 aromatic heterocycles. The smallest absolute Gasteiger partial charge is 0.410 e. The summed E-state index contributed by atoms with van der Waals surface area (Å²) in [5.41, 5.74) is -0.528. The minimum absolute atomic E-state index is 0.0184. The van der Waals surface area contributed by atoms with Gasteiger partial charge in [0.05, 0.1) is 26.9 Å². The number of nitro groups is 2. The molecule has 40 heavy (non-hydrogen) atoms. The average Bonchev–Trinajstić information content (AvgIpc) is 2.94. The molecule has 13 heteroatoms. The van der Waals surface area contributed by atoms with E-state index in [-0.39, 0.29) is 60.6 Å². The van der Waals surface area contributed by atoms with Crippen molar-refractivity contribution in [2.24, 2.45) is 5.92 Å². The number of benzene rings is 2. The van der Waals surface area contributed by atoms with E-state index in [1.54, 1.807) is 6.92 Å². The average molecular weight is 556 g/mol. The van der Waals surface area contributed by atoms with Gasteiger partial charge in [-0.1, -0.05) is 30.8 Å². The summed E-state index contributed by atoms with van der Waals surface area (Å²) in [6.45, 7) is 6.69. The van der Waals surface area contributed by atoms with Crippen molar-refractivity contribution in [2.45, 2.75) is 38.9 Å². The van der Waals surface area contributed by atoms with Gasteiger partial charge in [-0.05, 0) is 38.8 Å². The summed E-state index contributed by atoms with van der Waals surface area (Å²) in [6.07, 6.45) is -2.41. The maximum atomic E-state index is 13.2. The summed E-state index contributed by atoms with van der Waals surface area (Å²) in [5.74, 6) is -1.59. The minimum atomic E-state index is -1.43. The van der Waals surface area contributed by atoms with E-state index < -0.39 is 46.0 Å². The third-order valence-electron chi connectivity index (χ3n) is 6.25. The molecule has 0 saturated carbocycles. The minimum Gasteiger partial charge on any atom is -0.462 e. The molecule has 13 nitrogen and oxygen atoms in total. The maximum absolute atomic E-state index is 13.2. The molecule has 1 amide bonds.